The summed E-state index contributed by atoms with van der Waals surface area (Å²) in [6.45, 7) is 9.62. The first-order valence-electron chi connectivity index (χ1n) is 8.95. The van der Waals surface area contributed by atoms with Crippen molar-refractivity contribution in [3.63, 3.8) is 0 Å². The van der Waals surface area contributed by atoms with Crippen LogP contribution in [0, 0.1) is 11.8 Å². The molecule has 0 unspecified atom stereocenters. The molecular weight excluding hydrogens is 352 g/mol. The number of rotatable bonds is 7. The molecule has 3 rings (SSSR count). The summed E-state index contributed by atoms with van der Waals surface area (Å²) in [5, 5.41) is 9.88. The monoisotopic (exact) mass is 376 g/mol. The Hall–Kier alpha value is -2.61. The molecule has 3 heterocycles. The fourth-order valence-corrected chi connectivity index (χ4v) is 3.93. The fraction of sp³-hybridized carbons (Fsp3) is 0.526. The van der Waals surface area contributed by atoms with Crippen LogP contribution >= 0.6 is 0 Å². The minimum absolute atomic E-state index is 0.0411. The predicted molar refractivity (Wildman–Crippen MR) is 95.2 cm³/mol. The average Bonchev–Trinajstić information content (AvgIpc) is 2.91. The number of carbonyl (C=O) groups excluding carboxylic acids is 3. The molecule has 8 nitrogen and oxygen atoms in total. The first kappa shape index (κ1) is 19.2. The number of aliphatic hydroxyl groups excluding tert-OH is 1. The van der Waals surface area contributed by atoms with E-state index in [-0.39, 0.29) is 36.8 Å². The van der Waals surface area contributed by atoms with E-state index in [2.05, 4.69) is 13.2 Å². The van der Waals surface area contributed by atoms with Gasteiger partial charge in [0.25, 0.3) is 0 Å². The van der Waals surface area contributed by atoms with Gasteiger partial charge in [0, 0.05) is 19.0 Å². The molecule has 2 fully saturated rings. The molecule has 146 valence electrons. The van der Waals surface area contributed by atoms with E-state index in [0.717, 1.165) is 5.57 Å². The Balaban J connectivity index is 1.75. The number of hydrogen-bond donors (Lipinski definition) is 1. The van der Waals surface area contributed by atoms with Gasteiger partial charge in [0.1, 0.15) is 18.9 Å². The van der Waals surface area contributed by atoms with Crippen LogP contribution in [0.25, 0.3) is 0 Å². The molecule has 3 atom stereocenters. The van der Waals surface area contributed by atoms with Crippen molar-refractivity contribution >= 4 is 18.0 Å². The van der Waals surface area contributed by atoms with Gasteiger partial charge in [-0.15, -0.1) is 0 Å². The lowest BCUT2D eigenvalue weighted by molar-refractivity contribution is -0.162. The molecule has 0 aromatic carbocycles. The highest BCUT2D eigenvalue weighted by Gasteiger charge is 2.58. The number of hydrogen-bond acceptors (Lipinski definition) is 6. The number of carbonyl (C=O) groups is 3. The number of likely N-dealkylation sites (tertiary alicyclic amines) is 1. The Labute approximate surface area is 157 Å². The third-order valence-corrected chi connectivity index (χ3v) is 5.25. The minimum atomic E-state index is -0.782. The fourth-order valence-electron chi connectivity index (χ4n) is 3.93. The van der Waals surface area contributed by atoms with Crippen LogP contribution < -0.4 is 0 Å². The Bertz CT molecular complexity index is 707. The Morgan fingerprint density at radius 1 is 1.26 bits per heavy atom. The van der Waals surface area contributed by atoms with Crippen LogP contribution in [0.3, 0.4) is 0 Å². The molecule has 2 saturated heterocycles. The summed E-state index contributed by atoms with van der Waals surface area (Å²) in [5.74, 6) is -1.39. The molecule has 0 radical (unpaired) electrons. The van der Waals surface area contributed by atoms with Crippen molar-refractivity contribution in [3.8, 4) is 0 Å². The van der Waals surface area contributed by atoms with Crippen molar-refractivity contribution in [2.45, 2.75) is 25.5 Å². The van der Waals surface area contributed by atoms with Crippen LogP contribution in [0.4, 0.5) is 4.79 Å². The zero-order valence-corrected chi connectivity index (χ0v) is 15.3. The third kappa shape index (κ3) is 3.25. The summed E-state index contributed by atoms with van der Waals surface area (Å²) >= 11 is 0. The number of aliphatic hydroxyl groups is 1. The highest BCUT2D eigenvalue weighted by atomic mass is 16.6. The Morgan fingerprint density at radius 2 is 1.89 bits per heavy atom. The van der Waals surface area contributed by atoms with E-state index in [1.54, 1.807) is 6.92 Å². The van der Waals surface area contributed by atoms with Gasteiger partial charge in [-0.05, 0) is 18.9 Å². The highest BCUT2D eigenvalue weighted by molar-refractivity contribution is 6.00. The largest absolute Gasteiger partial charge is 0.457 e. The summed E-state index contributed by atoms with van der Waals surface area (Å²) < 4.78 is 10.2. The number of fused-ring (bicyclic) bond motifs is 1. The highest BCUT2D eigenvalue weighted by Crippen LogP contribution is 2.47. The van der Waals surface area contributed by atoms with Crippen LogP contribution in [0.5, 0.6) is 0 Å². The second kappa shape index (κ2) is 7.56. The maximum Gasteiger partial charge on any atom is 0.410 e. The molecule has 0 aromatic heterocycles. The number of amides is 2. The molecule has 0 aliphatic carbocycles. The van der Waals surface area contributed by atoms with Crippen LogP contribution in [0.2, 0.25) is 0 Å². The van der Waals surface area contributed by atoms with Gasteiger partial charge in [-0.2, -0.15) is 0 Å². The molecule has 3 aliphatic heterocycles. The van der Waals surface area contributed by atoms with Gasteiger partial charge in [-0.1, -0.05) is 25.3 Å². The quantitative estimate of drug-likeness (QED) is 0.402. The molecule has 2 amide bonds. The summed E-state index contributed by atoms with van der Waals surface area (Å²) in [7, 11) is 0. The number of ether oxygens (including phenoxy) is 2. The van der Waals surface area contributed by atoms with Gasteiger partial charge >= 0.3 is 12.1 Å². The lowest BCUT2D eigenvalue weighted by atomic mass is 9.81. The van der Waals surface area contributed by atoms with Crippen molar-refractivity contribution in [1.82, 2.24) is 9.80 Å². The standard InChI is InChI=1S/C19H24N2O6/c1-4-6-26-18(24)16-13(8-14-15(11(3)22)17(23)21(14)16)12-9-20(10-12)19(25)27-7-5-2/h4-5,11-12,14-15,22H,1-2,6-10H2,3H3/t11-,14-,15-/m1/s1. The van der Waals surface area contributed by atoms with Gasteiger partial charge < -0.3 is 24.4 Å². The van der Waals surface area contributed by atoms with Crippen LogP contribution in [-0.4, -0.2) is 71.3 Å². The molecule has 27 heavy (non-hydrogen) atoms. The summed E-state index contributed by atoms with van der Waals surface area (Å²) in [5.41, 5.74) is 1.06. The SMILES string of the molecule is C=CCOC(=O)C1=C(C2CN(C(=O)OCC=C)C2)C[C@@H]2[C@@H]([C@@H](C)O)C(=O)N12. The van der Waals surface area contributed by atoms with Gasteiger partial charge in [0.2, 0.25) is 5.91 Å². The second-order valence-electron chi connectivity index (χ2n) is 6.97. The average molecular weight is 376 g/mol. The van der Waals surface area contributed by atoms with E-state index in [1.807, 2.05) is 0 Å². The molecule has 0 bridgehead atoms. The van der Waals surface area contributed by atoms with Gasteiger partial charge in [0.15, 0.2) is 0 Å². The zero-order chi connectivity index (χ0) is 19.7. The van der Waals surface area contributed by atoms with Crippen LogP contribution in [-0.2, 0) is 19.1 Å². The van der Waals surface area contributed by atoms with E-state index in [9.17, 15) is 19.5 Å². The van der Waals surface area contributed by atoms with Crippen molar-refractivity contribution < 1.29 is 29.0 Å². The number of β-lactam (4-membered cyclic amide) rings is 1. The molecule has 1 N–H and O–H groups in total. The smallest absolute Gasteiger partial charge is 0.410 e. The minimum Gasteiger partial charge on any atom is -0.457 e. The maximum absolute atomic E-state index is 12.5. The summed E-state index contributed by atoms with van der Waals surface area (Å²) in [6, 6.07) is -0.236. The molecule has 0 spiro atoms. The van der Waals surface area contributed by atoms with E-state index < -0.39 is 24.1 Å². The van der Waals surface area contributed by atoms with Crippen molar-refractivity contribution in [3.05, 3.63) is 36.6 Å². The van der Waals surface area contributed by atoms with E-state index >= 15 is 0 Å². The first-order valence-corrected chi connectivity index (χ1v) is 8.95. The number of esters is 1. The van der Waals surface area contributed by atoms with Crippen molar-refractivity contribution in [2.24, 2.45) is 11.8 Å². The van der Waals surface area contributed by atoms with Crippen LogP contribution in [0.15, 0.2) is 36.6 Å². The Kier molecular flexibility index (Phi) is 5.36. The van der Waals surface area contributed by atoms with Gasteiger partial charge in [-0.3, -0.25) is 4.79 Å². The molecular formula is C19H24N2O6. The van der Waals surface area contributed by atoms with E-state index in [0.29, 0.717) is 19.5 Å². The first-order chi connectivity index (χ1) is 12.9. The van der Waals surface area contributed by atoms with E-state index in [1.165, 1.54) is 22.0 Å². The molecule has 0 aromatic rings. The van der Waals surface area contributed by atoms with E-state index in [4.69, 9.17) is 9.47 Å². The predicted octanol–water partition coefficient (Wildman–Crippen LogP) is 0.836. The van der Waals surface area contributed by atoms with Gasteiger partial charge in [-0.25, -0.2) is 9.59 Å². The van der Waals surface area contributed by atoms with Crippen molar-refractivity contribution in [2.75, 3.05) is 26.3 Å². The lowest BCUT2D eigenvalue weighted by Gasteiger charge is -2.44. The topological polar surface area (TPSA) is 96.4 Å². The third-order valence-electron chi connectivity index (χ3n) is 5.25. The molecule has 0 saturated carbocycles. The zero-order valence-electron chi connectivity index (χ0n) is 15.3. The normalized spacial score (nSPS) is 25.3. The maximum atomic E-state index is 12.5. The Morgan fingerprint density at radius 3 is 2.48 bits per heavy atom. The van der Waals surface area contributed by atoms with Crippen LogP contribution in [0.1, 0.15) is 13.3 Å². The lowest BCUT2D eigenvalue weighted by Crippen LogP contribution is -2.61. The number of nitrogens with zero attached hydrogens (tertiary/aromatic N) is 2. The van der Waals surface area contributed by atoms with Crippen molar-refractivity contribution in [1.29, 1.82) is 0 Å². The summed E-state index contributed by atoms with van der Waals surface area (Å²) in [6.07, 6.45) is 2.24. The second-order valence-corrected chi connectivity index (χ2v) is 6.97. The molecule has 3 aliphatic rings. The molecule has 8 heteroatoms. The summed E-state index contributed by atoms with van der Waals surface area (Å²) in [4.78, 5) is 39.8. The van der Waals surface area contributed by atoms with Gasteiger partial charge in [0.05, 0.1) is 18.1 Å².